The molecule has 24 heavy (non-hydrogen) atoms. The minimum atomic E-state index is -0.408. The van der Waals surface area contributed by atoms with Crippen LogP contribution in [0, 0.1) is 20.8 Å². The number of rotatable bonds is 5. The molecule has 2 rings (SSSR count). The van der Waals surface area contributed by atoms with Crippen LogP contribution in [0.5, 0.6) is 5.75 Å². The highest BCUT2D eigenvalue weighted by atomic mass is 16.5. The van der Waals surface area contributed by atoms with Crippen LogP contribution in [0.25, 0.3) is 0 Å². The van der Waals surface area contributed by atoms with Crippen LogP contribution in [-0.4, -0.2) is 25.6 Å². The number of hydrogen-bond donors (Lipinski definition) is 1. The highest BCUT2D eigenvalue weighted by Gasteiger charge is 2.11. The van der Waals surface area contributed by atoms with Gasteiger partial charge in [-0.2, -0.15) is 0 Å². The van der Waals surface area contributed by atoms with Gasteiger partial charge < -0.3 is 14.8 Å². The third kappa shape index (κ3) is 4.13. The van der Waals surface area contributed by atoms with E-state index in [2.05, 4.69) is 10.1 Å². The van der Waals surface area contributed by atoms with Gasteiger partial charge in [-0.1, -0.05) is 12.1 Å². The van der Waals surface area contributed by atoms with Gasteiger partial charge in [0.2, 0.25) is 0 Å². The summed E-state index contributed by atoms with van der Waals surface area (Å²) in [6.45, 7) is 5.68. The summed E-state index contributed by atoms with van der Waals surface area (Å²) >= 11 is 0. The highest BCUT2D eigenvalue weighted by Crippen LogP contribution is 2.21. The van der Waals surface area contributed by atoms with Gasteiger partial charge in [0.05, 0.1) is 12.7 Å². The molecule has 1 amide bonds. The Bertz CT molecular complexity index is 768. The Kier molecular flexibility index (Phi) is 5.58. The minimum Gasteiger partial charge on any atom is -0.483 e. The van der Waals surface area contributed by atoms with E-state index in [0.29, 0.717) is 17.0 Å². The van der Waals surface area contributed by atoms with Crippen molar-refractivity contribution in [1.29, 1.82) is 0 Å². The molecular formula is C19H21NO4. The molecular weight excluding hydrogens is 306 g/mol. The van der Waals surface area contributed by atoms with E-state index in [1.165, 1.54) is 7.11 Å². The molecule has 5 heteroatoms. The smallest absolute Gasteiger partial charge is 0.337 e. The topological polar surface area (TPSA) is 64.6 Å². The number of amides is 1. The summed E-state index contributed by atoms with van der Waals surface area (Å²) in [6.07, 6.45) is 0. The molecule has 0 spiro atoms. The van der Waals surface area contributed by atoms with Gasteiger partial charge in [-0.25, -0.2) is 4.79 Å². The quantitative estimate of drug-likeness (QED) is 0.855. The van der Waals surface area contributed by atoms with Crippen LogP contribution in [0.15, 0.2) is 36.4 Å². The lowest BCUT2D eigenvalue weighted by molar-refractivity contribution is -0.118. The molecule has 0 saturated heterocycles. The Morgan fingerprint density at radius 2 is 1.79 bits per heavy atom. The number of carbonyl (C=O) groups is 2. The predicted octanol–water partition coefficient (Wildman–Crippen LogP) is 3.42. The number of ether oxygens (including phenoxy) is 2. The number of benzene rings is 2. The number of esters is 1. The number of carbonyl (C=O) groups excluding carboxylic acids is 2. The second kappa shape index (κ2) is 7.64. The SMILES string of the molecule is COC(=O)c1ccc(NC(=O)COc2cccc(C)c2C)c(C)c1. The van der Waals surface area contributed by atoms with Crippen LogP contribution in [0.3, 0.4) is 0 Å². The van der Waals surface area contributed by atoms with Crippen LogP contribution in [-0.2, 0) is 9.53 Å². The average Bonchev–Trinajstić information content (AvgIpc) is 2.57. The third-order valence-corrected chi connectivity index (χ3v) is 3.84. The van der Waals surface area contributed by atoms with Crippen molar-refractivity contribution in [2.24, 2.45) is 0 Å². The fourth-order valence-corrected chi connectivity index (χ4v) is 2.26. The molecule has 0 atom stereocenters. The molecule has 0 bridgehead atoms. The second-order valence-corrected chi connectivity index (χ2v) is 5.56. The van der Waals surface area contributed by atoms with Crippen LogP contribution >= 0.6 is 0 Å². The molecule has 0 saturated carbocycles. The van der Waals surface area contributed by atoms with Crippen molar-refractivity contribution >= 4 is 17.6 Å². The first kappa shape index (κ1) is 17.5. The van der Waals surface area contributed by atoms with E-state index in [1.54, 1.807) is 18.2 Å². The van der Waals surface area contributed by atoms with Crippen molar-refractivity contribution < 1.29 is 19.1 Å². The van der Waals surface area contributed by atoms with Gasteiger partial charge in [-0.3, -0.25) is 4.79 Å². The zero-order valence-electron chi connectivity index (χ0n) is 14.3. The van der Waals surface area contributed by atoms with E-state index in [9.17, 15) is 9.59 Å². The van der Waals surface area contributed by atoms with Crippen LogP contribution in [0.4, 0.5) is 5.69 Å². The van der Waals surface area contributed by atoms with E-state index < -0.39 is 5.97 Å². The maximum atomic E-state index is 12.1. The second-order valence-electron chi connectivity index (χ2n) is 5.56. The van der Waals surface area contributed by atoms with Crippen LogP contribution in [0.2, 0.25) is 0 Å². The highest BCUT2D eigenvalue weighted by molar-refractivity contribution is 5.94. The maximum Gasteiger partial charge on any atom is 0.337 e. The normalized spacial score (nSPS) is 10.2. The van der Waals surface area contributed by atoms with Crippen molar-refractivity contribution in [3.05, 3.63) is 58.7 Å². The van der Waals surface area contributed by atoms with E-state index in [-0.39, 0.29) is 12.5 Å². The van der Waals surface area contributed by atoms with Gasteiger partial charge in [0, 0.05) is 5.69 Å². The largest absolute Gasteiger partial charge is 0.483 e. The van der Waals surface area contributed by atoms with E-state index in [4.69, 9.17) is 4.74 Å². The summed E-state index contributed by atoms with van der Waals surface area (Å²) in [5, 5.41) is 2.78. The standard InChI is InChI=1S/C19H21NO4/c1-12-6-5-7-17(14(12)3)24-11-18(21)20-16-9-8-15(10-13(16)2)19(22)23-4/h5-10H,11H2,1-4H3,(H,20,21). The zero-order chi connectivity index (χ0) is 17.7. The molecule has 0 aliphatic heterocycles. The maximum absolute atomic E-state index is 12.1. The fourth-order valence-electron chi connectivity index (χ4n) is 2.26. The molecule has 0 radical (unpaired) electrons. The van der Waals surface area contributed by atoms with Gasteiger partial charge >= 0.3 is 5.97 Å². The van der Waals surface area contributed by atoms with Crippen molar-refractivity contribution in [3.63, 3.8) is 0 Å². The van der Waals surface area contributed by atoms with Crippen LogP contribution in [0.1, 0.15) is 27.0 Å². The minimum absolute atomic E-state index is 0.0809. The Morgan fingerprint density at radius 3 is 2.46 bits per heavy atom. The van der Waals surface area contributed by atoms with Crippen molar-refractivity contribution in [2.75, 3.05) is 19.0 Å². The van der Waals surface area contributed by atoms with E-state index in [1.807, 2.05) is 39.0 Å². The lowest BCUT2D eigenvalue weighted by Gasteiger charge is -2.12. The van der Waals surface area contributed by atoms with Crippen molar-refractivity contribution in [3.8, 4) is 5.75 Å². The molecule has 0 aliphatic carbocycles. The average molecular weight is 327 g/mol. The molecule has 126 valence electrons. The molecule has 2 aromatic carbocycles. The molecule has 2 aromatic rings. The first-order valence-corrected chi connectivity index (χ1v) is 7.60. The van der Waals surface area contributed by atoms with Gasteiger partial charge in [0.25, 0.3) is 5.91 Å². The Morgan fingerprint density at radius 1 is 1.04 bits per heavy atom. The first-order chi connectivity index (χ1) is 11.4. The fraction of sp³-hybridized carbons (Fsp3) is 0.263. The monoisotopic (exact) mass is 327 g/mol. The van der Waals surface area contributed by atoms with E-state index >= 15 is 0 Å². The summed E-state index contributed by atoms with van der Waals surface area (Å²) in [6, 6.07) is 10.7. The molecule has 0 fully saturated rings. The van der Waals surface area contributed by atoms with Crippen molar-refractivity contribution in [1.82, 2.24) is 0 Å². The third-order valence-electron chi connectivity index (χ3n) is 3.84. The zero-order valence-corrected chi connectivity index (χ0v) is 14.3. The molecule has 5 nitrogen and oxygen atoms in total. The number of methoxy groups -OCH3 is 1. The van der Waals surface area contributed by atoms with Crippen LogP contribution < -0.4 is 10.1 Å². The molecule has 0 heterocycles. The summed E-state index contributed by atoms with van der Waals surface area (Å²) in [5.74, 6) is 0.0296. The number of hydrogen-bond acceptors (Lipinski definition) is 4. The van der Waals surface area contributed by atoms with Gasteiger partial charge in [0.1, 0.15) is 5.75 Å². The summed E-state index contributed by atoms with van der Waals surface area (Å²) < 4.78 is 10.3. The number of anilines is 1. The van der Waals surface area contributed by atoms with Crippen molar-refractivity contribution in [2.45, 2.75) is 20.8 Å². The van der Waals surface area contributed by atoms with Gasteiger partial charge in [-0.05, 0) is 61.7 Å². The first-order valence-electron chi connectivity index (χ1n) is 7.60. The summed E-state index contributed by atoms with van der Waals surface area (Å²) in [5.41, 5.74) is 3.99. The lowest BCUT2D eigenvalue weighted by Crippen LogP contribution is -2.21. The van der Waals surface area contributed by atoms with Gasteiger partial charge in [-0.15, -0.1) is 0 Å². The molecule has 0 aliphatic rings. The molecule has 1 N–H and O–H groups in total. The Labute approximate surface area is 141 Å². The Hall–Kier alpha value is -2.82. The lowest BCUT2D eigenvalue weighted by atomic mass is 10.1. The van der Waals surface area contributed by atoms with Gasteiger partial charge in [0.15, 0.2) is 6.61 Å². The molecule has 0 aromatic heterocycles. The van der Waals surface area contributed by atoms with E-state index in [0.717, 1.165) is 16.7 Å². The predicted molar refractivity (Wildman–Crippen MR) is 92.6 cm³/mol. The number of aryl methyl sites for hydroxylation is 2. The Balaban J connectivity index is 2.00. The molecule has 0 unspecified atom stereocenters. The number of nitrogens with one attached hydrogen (secondary N) is 1. The summed E-state index contributed by atoms with van der Waals surface area (Å²) in [4.78, 5) is 23.6. The summed E-state index contributed by atoms with van der Waals surface area (Å²) in [7, 11) is 1.33.